The van der Waals surface area contributed by atoms with E-state index in [0.717, 1.165) is 6.07 Å². The van der Waals surface area contributed by atoms with Gasteiger partial charge in [-0.2, -0.15) is 0 Å². The number of hydrogen-bond donors (Lipinski definition) is 1. The first-order valence-electron chi connectivity index (χ1n) is 6.05. The van der Waals surface area contributed by atoms with Gasteiger partial charge in [0, 0.05) is 11.6 Å². The predicted molar refractivity (Wildman–Crippen MR) is 69.9 cm³/mol. The van der Waals surface area contributed by atoms with Gasteiger partial charge in [0.1, 0.15) is 0 Å². The highest BCUT2D eigenvalue weighted by Gasteiger charge is 2.18. The standard InChI is InChI=1S/C15H14F3NO/c1-20-13-7-3-5-10(15(13)18)12(19)8-9-4-2-6-11(16)14(9)17/h2-7,12H,8,19H2,1H3. The zero-order valence-corrected chi connectivity index (χ0v) is 10.9. The summed E-state index contributed by atoms with van der Waals surface area (Å²) < 4.78 is 45.6. The number of methoxy groups -OCH3 is 1. The first-order valence-corrected chi connectivity index (χ1v) is 6.05. The van der Waals surface area contributed by atoms with E-state index in [1.807, 2.05) is 0 Å². The predicted octanol–water partition coefficient (Wildman–Crippen LogP) is 3.36. The van der Waals surface area contributed by atoms with Gasteiger partial charge in [0.25, 0.3) is 0 Å². The highest BCUT2D eigenvalue weighted by Crippen LogP contribution is 2.26. The molecule has 0 bridgehead atoms. The number of halogens is 3. The van der Waals surface area contributed by atoms with Crippen LogP contribution in [0.15, 0.2) is 36.4 Å². The average molecular weight is 281 g/mol. The summed E-state index contributed by atoms with van der Waals surface area (Å²) in [4.78, 5) is 0. The quantitative estimate of drug-likeness (QED) is 0.932. The highest BCUT2D eigenvalue weighted by atomic mass is 19.2. The molecule has 0 heterocycles. The smallest absolute Gasteiger partial charge is 0.169 e. The fraction of sp³-hybridized carbons (Fsp3) is 0.200. The van der Waals surface area contributed by atoms with Gasteiger partial charge in [-0.1, -0.05) is 24.3 Å². The lowest BCUT2D eigenvalue weighted by Gasteiger charge is -2.15. The molecule has 0 aliphatic carbocycles. The third-order valence-corrected chi connectivity index (χ3v) is 3.08. The van der Waals surface area contributed by atoms with Crippen LogP contribution in [0.1, 0.15) is 17.2 Å². The summed E-state index contributed by atoms with van der Waals surface area (Å²) in [6.07, 6.45) is -0.00627. The van der Waals surface area contributed by atoms with Crippen LogP contribution in [0.25, 0.3) is 0 Å². The van der Waals surface area contributed by atoms with Crippen molar-refractivity contribution in [3.8, 4) is 5.75 Å². The maximum Gasteiger partial charge on any atom is 0.169 e. The molecule has 2 nitrogen and oxygen atoms in total. The molecule has 0 radical (unpaired) electrons. The van der Waals surface area contributed by atoms with Crippen LogP contribution in [-0.2, 0) is 6.42 Å². The number of rotatable bonds is 4. The van der Waals surface area contributed by atoms with Gasteiger partial charge in [-0.3, -0.25) is 0 Å². The Kier molecular flexibility index (Phi) is 4.29. The van der Waals surface area contributed by atoms with E-state index in [4.69, 9.17) is 10.5 Å². The van der Waals surface area contributed by atoms with Gasteiger partial charge in [-0.05, 0) is 24.1 Å². The van der Waals surface area contributed by atoms with E-state index in [-0.39, 0.29) is 23.3 Å². The molecule has 0 aromatic heterocycles. The number of ether oxygens (including phenoxy) is 1. The summed E-state index contributed by atoms with van der Waals surface area (Å²) in [6.45, 7) is 0. The van der Waals surface area contributed by atoms with Crippen molar-refractivity contribution in [3.63, 3.8) is 0 Å². The molecule has 0 amide bonds. The fourth-order valence-corrected chi connectivity index (χ4v) is 2.02. The van der Waals surface area contributed by atoms with E-state index in [1.54, 1.807) is 6.07 Å². The molecule has 1 atom stereocenters. The van der Waals surface area contributed by atoms with Crippen LogP contribution in [0.4, 0.5) is 13.2 Å². The molecule has 2 aromatic carbocycles. The van der Waals surface area contributed by atoms with Crippen molar-refractivity contribution in [3.05, 3.63) is 65.0 Å². The van der Waals surface area contributed by atoms with Crippen LogP contribution in [-0.4, -0.2) is 7.11 Å². The largest absolute Gasteiger partial charge is 0.494 e. The first-order chi connectivity index (χ1) is 9.54. The van der Waals surface area contributed by atoms with E-state index >= 15 is 0 Å². The van der Waals surface area contributed by atoms with E-state index in [2.05, 4.69) is 0 Å². The normalized spacial score (nSPS) is 12.2. The van der Waals surface area contributed by atoms with Crippen molar-refractivity contribution in [2.24, 2.45) is 5.73 Å². The summed E-state index contributed by atoms with van der Waals surface area (Å²) in [5.41, 5.74) is 6.20. The molecule has 0 fully saturated rings. The zero-order valence-electron chi connectivity index (χ0n) is 10.9. The van der Waals surface area contributed by atoms with Gasteiger partial charge in [-0.15, -0.1) is 0 Å². The molecule has 2 rings (SSSR count). The Hall–Kier alpha value is -2.01. The summed E-state index contributed by atoms with van der Waals surface area (Å²) in [5.74, 6) is -2.41. The van der Waals surface area contributed by atoms with Crippen LogP contribution in [0, 0.1) is 17.5 Å². The number of benzene rings is 2. The first kappa shape index (κ1) is 14.4. The highest BCUT2D eigenvalue weighted by molar-refractivity contribution is 5.34. The molecule has 0 saturated carbocycles. The van der Waals surface area contributed by atoms with Gasteiger partial charge in [0.2, 0.25) is 0 Å². The average Bonchev–Trinajstić information content (AvgIpc) is 2.44. The summed E-state index contributed by atoms with van der Waals surface area (Å²) in [7, 11) is 1.35. The fourth-order valence-electron chi connectivity index (χ4n) is 2.02. The molecular formula is C15H14F3NO. The van der Waals surface area contributed by atoms with Gasteiger partial charge in [0.15, 0.2) is 23.2 Å². The minimum atomic E-state index is -0.953. The molecule has 0 aliphatic rings. The van der Waals surface area contributed by atoms with E-state index < -0.39 is 23.5 Å². The van der Waals surface area contributed by atoms with Crippen molar-refractivity contribution in [1.29, 1.82) is 0 Å². The molecule has 0 saturated heterocycles. The number of hydrogen-bond acceptors (Lipinski definition) is 2. The Morgan fingerprint density at radius 1 is 1.05 bits per heavy atom. The minimum Gasteiger partial charge on any atom is -0.494 e. The van der Waals surface area contributed by atoms with Crippen LogP contribution in [0.3, 0.4) is 0 Å². The second kappa shape index (κ2) is 5.96. The SMILES string of the molecule is COc1cccc(C(N)Cc2cccc(F)c2F)c1F. The van der Waals surface area contributed by atoms with Gasteiger partial charge >= 0.3 is 0 Å². The van der Waals surface area contributed by atoms with Crippen molar-refractivity contribution >= 4 is 0 Å². The van der Waals surface area contributed by atoms with Crippen LogP contribution in [0.2, 0.25) is 0 Å². The second-order valence-corrected chi connectivity index (χ2v) is 4.39. The Bertz CT molecular complexity index is 616. The van der Waals surface area contributed by atoms with Crippen molar-refractivity contribution < 1.29 is 17.9 Å². The Balaban J connectivity index is 2.28. The molecule has 1 unspecified atom stereocenters. The van der Waals surface area contributed by atoms with E-state index in [1.165, 1.54) is 31.4 Å². The monoisotopic (exact) mass is 281 g/mol. The van der Waals surface area contributed by atoms with Crippen molar-refractivity contribution in [2.45, 2.75) is 12.5 Å². The minimum absolute atomic E-state index is 0.00627. The van der Waals surface area contributed by atoms with Gasteiger partial charge < -0.3 is 10.5 Å². The van der Waals surface area contributed by atoms with Gasteiger partial charge in [0.05, 0.1) is 7.11 Å². The van der Waals surface area contributed by atoms with Crippen molar-refractivity contribution in [2.75, 3.05) is 7.11 Å². The lowest BCUT2D eigenvalue weighted by Crippen LogP contribution is -2.16. The molecular weight excluding hydrogens is 267 g/mol. The third-order valence-electron chi connectivity index (χ3n) is 3.08. The third kappa shape index (κ3) is 2.77. The van der Waals surface area contributed by atoms with Crippen LogP contribution >= 0.6 is 0 Å². The maximum absolute atomic E-state index is 14.0. The summed E-state index contributed by atoms with van der Waals surface area (Å²) >= 11 is 0. The topological polar surface area (TPSA) is 35.2 Å². The molecule has 5 heteroatoms. The van der Waals surface area contributed by atoms with E-state index in [0.29, 0.717) is 0 Å². The molecule has 0 aliphatic heterocycles. The Labute approximate surface area is 115 Å². The Morgan fingerprint density at radius 3 is 2.45 bits per heavy atom. The lowest BCUT2D eigenvalue weighted by molar-refractivity contribution is 0.382. The lowest BCUT2D eigenvalue weighted by atomic mass is 9.98. The van der Waals surface area contributed by atoms with Crippen LogP contribution < -0.4 is 10.5 Å². The molecule has 2 N–H and O–H groups in total. The van der Waals surface area contributed by atoms with Crippen LogP contribution in [0.5, 0.6) is 5.75 Å². The molecule has 106 valence electrons. The second-order valence-electron chi connectivity index (χ2n) is 4.39. The Morgan fingerprint density at radius 2 is 1.75 bits per heavy atom. The van der Waals surface area contributed by atoms with Gasteiger partial charge in [-0.25, -0.2) is 13.2 Å². The number of nitrogens with two attached hydrogens (primary N) is 1. The van der Waals surface area contributed by atoms with E-state index in [9.17, 15) is 13.2 Å². The molecule has 0 spiro atoms. The molecule has 20 heavy (non-hydrogen) atoms. The summed E-state index contributed by atoms with van der Waals surface area (Å²) in [5, 5.41) is 0. The summed E-state index contributed by atoms with van der Waals surface area (Å²) in [6, 6.07) is 7.61. The molecule has 2 aromatic rings. The maximum atomic E-state index is 14.0. The zero-order chi connectivity index (χ0) is 14.7. The van der Waals surface area contributed by atoms with Crippen molar-refractivity contribution in [1.82, 2.24) is 0 Å².